The quantitative estimate of drug-likeness (QED) is 0.412. The molecule has 2 amide bonds. The molecule has 0 saturated carbocycles. The number of benzene rings is 1. The lowest BCUT2D eigenvalue weighted by atomic mass is 10.2. The largest absolute Gasteiger partial charge is 0.469 e. The highest BCUT2D eigenvalue weighted by molar-refractivity contribution is 7.14. The number of anilines is 2. The van der Waals surface area contributed by atoms with Gasteiger partial charge in [0.05, 0.1) is 30.5 Å². The third-order valence-corrected chi connectivity index (χ3v) is 6.21. The minimum Gasteiger partial charge on any atom is -0.469 e. The number of rotatable bonds is 7. The molecule has 4 rings (SSSR count). The summed E-state index contributed by atoms with van der Waals surface area (Å²) in [4.78, 5) is 32.4. The first-order valence-electron chi connectivity index (χ1n) is 9.38. The molecule has 6 nitrogen and oxygen atoms in total. The second kappa shape index (κ2) is 9.23. The van der Waals surface area contributed by atoms with E-state index in [-0.39, 0.29) is 24.1 Å². The summed E-state index contributed by atoms with van der Waals surface area (Å²) in [6, 6.07) is 11.3. The normalized spacial score (nSPS) is 10.8. The monoisotopic (exact) mass is 455 g/mol. The fourth-order valence-corrected chi connectivity index (χ4v) is 4.38. The van der Waals surface area contributed by atoms with Crippen molar-refractivity contribution in [3.63, 3.8) is 0 Å². The van der Waals surface area contributed by atoms with Crippen LogP contribution in [0.2, 0.25) is 0 Å². The van der Waals surface area contributed by atoms with Crippen molar-refractivity contribution in [2.75, 3.05) is 10.2 Å². The molecule has 0 bridgehead atoms. The van der Waals surface area contributed by atoms with Gasteiger partial charge in [0, 0.05) is 15.9 Å². The number of hydrogen-bond acceptors (Lipinski definition) is 6. The summed E-state index contributed by atoms with van der Waals surface area (Å²) in [5.41, 5.74) is 1.60. The molecule has 0 fully saturated rings. The topological polar surface area (TPSA) is 75.4 Å². The van der Waals surface area contributed by atoms with Gasteiger partial charge in [-0.2, -0.15) is 0 Å². The van der Waals surface area contributed by atoms with Crippen molar-refractivity contribution in [1.29, 1.82) is 0 Å². The fraction of sp³-hybridized carbons (Fsp3) is 0.136. The summed E-state index contributed by atoms with van der Waals surface area (Å²) >= 11 is 2.79. The maximum atomic E-state index is 13.4. The fourth-order valence-electron chi connectivity index (χ4n) is 2.98. The van der Waals surface area contributed by atoms with Crippen molar-refractivity contribution >= 4 is 45.3 Å². The van der Waals surface area contributed by atoms with Gasteiger partial charge in [0.25, 0.3) is 5.91 Å². The van der Waals surface area contributed by atoms with Crippen molar-refractivity contribution < 1.29 is 18.4 Å². The van der Waals surface area contributed by atoms with Crippen LogP contribution in [0.4, 0.5) is 15.2 Å². The molecule has 1 N–H and O–H groups in total. The van der Waals surface area contributed by atoms with Gasteiger partial charge in [0.1, 0.15) is 11.6 Å². The number of aromatic nitrogens is 1. The summed E-state index contributed by atoms with van der Waals surface area (Å²) in [7, 11) is 0. The summed E-state index contributed by atoms with van der Waals surface area (Å²) in [6.45, 7) is 2.09. The average Bonchev–Trinajstić information content (AvgIpc) is 3.50. The summed E-state index contributed by atoms with van der Waals surface area (Å²) < 4.78 is 18.5. The van der Waals surface area contributed by atoms with E-state index in [9.17, 15) is 14.0 Å². The van der Waals surface area contributed by atoms with Crippen LogP contribution in [0.5, 0.6) is 0 Å². The number of nitrogens with one attached hydrogen (secondary N) is 1. The van der Waals surface area contributed by atoms with E-state index in [4.69, 9.17) is 4.42 Å². The first-order valence-corrected chi connectivity index (χ1v) is 11.1. The van der Waals surface area contributed by atoms with Crippen LogP contribution in [-0.4, -0.2) is 16.8 Å². The molecule has 158 valence electrons. The number of halogens is 1. The Kier molecular flexibility index (Phi) is 6.24. The molecule has 9 heteroatoms. The summed E-state index contributed by atoms with van der Waals surface area (Å²) in [6.07, 6.45) is 1.51. The maximum Gasteiger partial charge on any atom is 0.260 e. The van der Waals surface area contributed by atoms with Crippen molar-refractivity contribution in [3.05, 3.63) is 87.2 Å². The Morgan fingerprint density at radius 3 is 2.65 bits per heavy atom. The number of carbonyl (C=O) groups is 2. The Hall–Kier alpha value is -3.30. The number of thiazole rings is 1. The van der Waals surface area contributed by atoms with E-state index < -0.39 is 0 Å². The van der Waals surface area contributed by atoms with Crippen molar-refractivity contribution in [2.45, 2.75) is 19.9 Å². The maximum absolute atomic E-state index is 13.4. The van der Waals surface area contributed by atoms with E-state index in [1.165, 1.54) is 29.7 Å². The molecular formula is C22H18FN3O3S2. The van der Waals surface area contributed by atoms with E-state index in [2.05, 4.69) is 10.3 Å². The predicted molar refractivity (Wildman–Crippen MR) is 119 cm³/mol. The number of carbonyl (C=O) groups excluding carboxylic acids is 2. The van der Waals surface area contributed by atoms with Crippen LogP contribution < -0.4 is 10.2 Å². The lowest BCUT2D eigenvalue weighted by molar-refractivity contribution is -0.118. The minimum absolute atomic E-state index is 0.0554. The second-order valence-electron chi connectivity index (χ2n) is 6.70. The molecule has 0 aliphatic rings. The molecule has 0 aliphatic heterocycles. The number of aryl methyl sites for hydroxylation is 1. The Bertz CT molecular complexity index is 1180. The number of nitrogens with zero attached hydrogens (tertiary/aromatic N) is 2. The number of furan rings is 1. The molecular weight excluding hydrogens is 437 g/mol. The smallest absolute Gasteiger partial charge is 0.260 e. The van der Waals surface area contributed by atoms with Gasteiger partial charge in [0.15, 0.2) is 5.13 Å². The van der Waals surface area contributed by atoms with E-state index in [1.807, 2.05) is 17.5 Å². The Morgan fingerprint density at radius 2 is 1.97 bits per heavy atom. The molecule has 0 radical (unpaired) electrons. The zero-order chi connectivity index (χ0) is 21.8. The van der Waals surface area contributed by atoms with Gasteiger partial charge in [-0.05, 0) is 48.7 Å². The second-order valence-corrected chi connectivity index (χ2v) is 8.59. The average molecular weight is 456 g/mol. The van der Waals surface area contributed by atoms with E-state index in [1.54, 1.807) is 46.7 Å². The molecule has 1 aromatic carbocycles. The van der Waals surface area contributed by atoms with Crippen LogP contribution in [0.1, 0.15) is 26.7 Å². The Morgan fingerprint density at radius 1 is 1.16 bits per heavy atom. The first-order chi connectivity index (χ1) is 15.0. The van der Waals surface area contributed by atoms with Crippen LogP contribution in [-0.2, 0) is 17.8 Å². The molecule has 3 aromatic heterocycles. The van der Waals surface area contributed by atoms with E-state index in [0.29, 0.717) is 34.4 Å². The molecule has 0 atom stereocenters. The van der Waals surface area contributed by atoms with Crippen molar-refractivity contribution in [1.82, 2.24) is 4.98 Å². The number of amides is 2. The lowest BCUT2D eigenvalue weighted by Crippen LogP contribution is -2.31. The standard InChI is InChI=1S/C22H18FN3O3S2/c1-14-19(8-9-29-14)21(28)25-22-24-16(13-31-22)11-20(27)26(12-18-3-2-10-30-18)17-6-4-15(23)5-7-17/h2-10,13H,11-12H2,1H3,(H,24,25,28). The molecule has 0 unspecified atom stereocenters. The van der Waals surface area contributed by atoms with Gasteiger partial charge in [-0.25, -0.2) is 9.37 Å². The van der Waals surface area contributed by atoms with Gasteiger partial charge in [-0.3, -0.25) is 14.9 Å². The minimum atomic E-state index is -0.361. The molecule has 0 spiro atoms. The highest BCUT2D eigenvalue weighted by atomic mass is 32.1. The van der Waals surface area contributed by atoms with Crippen LogP contribution in [0.3, 0.4) is 0 Å². The molecule has 0 saturated heterocycles. The van der Waals surface area contributed by atoms with Gasteiger partial charge in [-0.1, -0.05) is 6.07 Å². The van der Waals surface area contributed by atoms with Gasteiger partial charge in [-0.15, -0.1) is 22.7 Å². The highest BCUT2D eigenvalue weighted by Crippen LogP contribution is 2.23. The lowest BCUT2D eigenvalue weighted by Gasteiger charge is -2.22. The molecule has 3 heterocycles. The Balaban J connectivity index is 1.47. The Labute approximate surface area is 186 Å². The van der Waals surface area contributed by atoms with Crippen LogP contribution >= 0.6 is 22.7 Å². The molecule has 31 heavy (non-hydrogen) atoms. The summed E-state index contributed by atoms with van der Waals surface area (Å²) in [5.74, 6) is -0.328. The van der Waals surface area contributed by atoms with Gasteiger partial charge in [0.2, 0.25) is 5.91 Å². The zero-order valence-electron chi connectivity index (χ0n) is 16.5. The highest BCUT2D eigenvalue weighted by Gasteiger charge is 2.20. The zero-order valence-corrected chi connectivity index (χ0v) is 18.1. The first kappa shape index (κ1) is 21.0. The SMILES string of the molecule is Cc1occc1C(=O)Nc1nc(CC(=O)N(Cc2cccs2)c2ccc(F)cc2)cs1. The van der Waals surface area contributed by atoms with Crippen molar-refractivity contribution in [3.8, 4) is 0 Å². The van der Waals surface area contributed by atoms with Gasteiger partial charge < -0.3 is 9.32 Å². The van der Waals surface area contributed by atoms with E-state index >= 15 is 0 Å². The molecule has 0 aliphatic carbocycles. The predicted octanol–water partition coefficient (Wildman–Crippen LogP) is 5.27. The van der Waals surface area contributed by atoms with Crippen LogP contribution in [0, 0.1) is 12.7 Å². The summed E-state index contributed by atoms with van der Waals surface area (Å²) in [5, 5.41) is 6.81. The van der Waals surface area contributed by atoms with Crippen LogP contribution in [0.15, 0.2) is 63.9 Å². The molecule has 4 aromatic rings. The van der Waals surface area contributed by atoms with Crippen molar-refractivity contribution in [2.24, 2.45) is 0 Å². The van der Waals surface area contributed by atoms with E-state index in [0.717, 1.165) is 4.88 Å². The number of hydrogen-bond donors (Lipinski definition) is 1. The van der Waals surface area contributed by atoms with Crippen LogP contribution in [0.25, 0.3) is 0 Å². The number of thiophene rings is 1. The third-order valence-electron chi connectivity index (χ3n) is 4.54. The third kappa shape index (κ3) is 5.07. The van der Waals surface area contributed by atoms with Gasteiger partial charge >= 0.3 is 0 Å².